The zero-order valence-electron chi connectivity index (χ0n) is 12.8. The molecule has 0 aliphatic heterocycles. The Labute approximate surface area is 117 Å². The number of nitrogens with one attached hydrogen (secondary N) is 1. The van der Waals surface area contributed by atoms with Gasteiger partial charge in [-0.15, -0.1) is 0 Å². The van der Waals surface area contributed by atoms with Gasteiger partial charge in [0.2, 0.25) is 0 Å². The Hall–Kier alpha value is -1.06. The van der Waals surface area contributed by atoms with Gasteiger partial charge in [-0.3, -0.25) is 0 Å². The van der Waals surface area contributed by atoms with E-state index < -0.39 is 0 Å². The van der Waals surface area contributed by atoms with E-state index in [9.17, 15) is 5.11 Å². The van der Waals surface area contributed by atoms with E-state index in [1.54, 1.807) is 0 Å². The molecule has 0 spiro atoms. The van der Waals surface area contributed by atoms with Crippen molar-refractivity contribution in [3.05, 3.63) is 28.8 Å². The summed E-state index contributed by atoms with van der Waals surface area (Å²) in [5.41, 5.74) is 3.53. The standard InChI is InChI=1S/C16H27NO2/c1-6-15(18)10-19-16-12(4)7-14(8-13(16)5)9-17-11(2)3/h7-8,11,15,17-18H,6,9-10H2,1-5H3. The number of aliphatic hydroxyl groups is 1. The molecule has 1 atom stereocenters. The first-order chi connectivity index (χ1) is 8.93. The first kappa shape index (κ1) is 16.0. The lowest BCUT2D eigenvalue weighted by molar-refractivity contribution is 0.103. The van der Waals surface area contributed by atoms with Crippen molar-refractivity contribution in [1.82, 2.24) is 5.32 Å². The molecule has 0 fully saturated rings. The molecule has 19 heavy (non-hydrogen) atoms. The van der Waals surface area contributed by atoms with Crippen molar-refractivity contribution in [2.24, 2.45) is 0 Å². The highest BCUT2D eigenvalue weighted by Gasteiger charge is 2.09. The van der Waals surface area contributed by atoms with E-state index in [4.69, 9.17) is 4.74 Å². The summed E-state index contributed by atoms with van der Waals surface area (Å²) in [4.78, 5) is 0. The lowest BCUT2D eigenvalue weighted by Gasteiger charge is -2.17. The van der Waals surface area contributed by atoms with Crippen molar-refractivity contribution in [1.29, 1.82) is 0 Å². The highest BCUT2D eigenvalue weighted by Crippen LogP contribution is 2.25. The van der Waals surface area contributed by atoms with Crippen LogP contribution in [0.5, 0.6) is 5.75 Å². The maximum Gasteiger partial charge on any atom is 0.125 e. The summed E-state index contributed by atoms with van der Waals surface area (Å²) < 4.78 is 5.73. The van der Waals surface area contributed by atoms with Crippen LogP contribution in [0.15, 0.2) is 12.1 Å². The van der Waals surface area contributed by atoms with Crippen LogP contribution >= 0.6 is 0 Å². The SMILES string of the molecule is CCC(O)COc1c(C)cc(CNC(C)C)cc1C. The first-order valence-corrected chi connectivity index (χ1v) is 7.08. The van der Waals surface area contributed by atoms with E-state index in [-0.39, 0.29) is 6.10 Å². The fourth-order valence-electron chi connectivity index (χ4n) is 1.99. The largest absolute Gasteiger partial charge is 0.490 e. The van der Waals surface area contributed by atoms with Crippen LogP contribution < -0.4 is 10.1 Å². The summed E-state index contributed by atoms with van der Waals surface area (Å²) >= 11 is 0. The van der Waals surface area contributed by atoms with E-state index in [1.807, 2.05) is 6.92 Å². The van der Waals surface area contributed by atoms with Crippen LogP contribution in [0, 0.1) is 13.8 Å². The Kier molecular flexibility index (Phi) is 6.32. The Morgan fingerprint density at radius 2 is 1.79 bits per heavy atom. The van der Waals surface area contributed by atoms with E-state index in [0.29, 0.717) is 19.1 Å². The second kappa shape index (κ2) is 7.51. The fourth-order valence-corrected chi connectivity index (χ4v) is 1.99. The van der Waals surface area contributed by atoms with Gasteiger partial charge in [-0.2, -0.15) is 0 Å². The van der Waals surface area contributed by atoms with Crippen LogP contribution in [0.3, 0.4) is 0 Å². The summed E-state index contributed by atoms with van der Waals surface area (Å²) in [6.07, 6.45) is 0.329. The Morgan fingerprint density at radius 1 is 1.21 bits per heavy atom. The van der Waals surface area contributed by atoms with Gasteiger partial charge >= 0.3 is 0 Å². The van der Waals surface area contributed by atoms with Crippen molar-refractivity contribution in [3.8, 4) is 5.75 Å². The van der Waals surface area contributed by atoms with E-state index >= 15 is 0 Å². The minimum atomic E-state index is -0.388. The molecule has 0 radical (unpaired) electrons. The molecule has 0 saturated heterocycles. The molecule has 1 unspecified atom stereocenters. The van der Waals surface area contributed by atoms with Crippen LogP contribution in [0.25, 0.3) is 0 Å². The van der Waals surface area contributed by atoms with Gasteiger partial charge in [0.25, 0.3) is 0 Å². The highest BCUT2D eigenvalue weighted by atomic mass is 16.5. The minimum absolute atomic E-state index is 0.363. The van der Waals surface area contributed by atoms with Gasteiger partial charge in [-0.05, 0) is 37.0 Å². The summed E-state index contributed by atoms with van der Waals surface area (Å²) in [5.74, 6) is 0.904. The summed E-state index contributed by atoms with van der Waals surface area (Å²) in [5, 5.41) is 13.0. The molecule has 3 heteroatoms. The summed E-state index contributed by atoms with van der Waals surface area (Å²) in [6.45, 7) is 11.6. The molecule has 1 aromatic rings. The average molecular weight is 265 g/mol. The van der Waals surface area contributed by atoms with Crippen LogP contribution in [0.4, 0.5) is 0 Å². The van der Waals surface area contributed by atoms with E-state index in [1.165, 1.54) is 5.56 Å². The number of rotatable bonds is 7. The molecule has 0 amide bonds. The molecule has 1 rings (SSSR count). The molecule has 0 aromatic heterocycles. The van der Waals surface area contributed by atoms with Gasteiger partial charge in [0.1, 0.15) is 12.4 Å². The van der Waals surface area contributed by atoms with Crippen molar-refractivity contribution in [3.63, 3.8) is 0 Å². The topological polar surface area (TPSA) is 41.5 Å². The highest BCUT2D eigenvalue weighted by molar-refractivity contribution is 5.43. The molecule has 0 heterocycles. The summed E-state index contributed by atoms with van der Waals surface area (Å²) in [6, 6.07) is 4.78. The number of benzene rings is 1. The van der Waals surface area contributed by atoms with Crippen LogP contribution in [-0.4, -0.2) is 23.9 Å². The maximum atomic E-state index is 9.57. The van der Waals surface area contributed by atoms with Crippen LogP contribution in [-0.2, 0) is 6.54 Å². The van der Waals surface area contributed by atoms with Crippen molar-refractivity contribution in [2.45, 2.75) is 59.7 Å². The fraction of sp³-hybridized carbons (Fsp3) is 0.625. The second-order valence-electron chi connectivity index (χ2n) is 5.47. The third-order valence-electron chi connectivity index (χ3n) is 3.13. The maximum absolute atomic E-state index is 9.57. The number of hydrogen-bond donors (Lipinski definition) is 2. The molecule has 0 aliphatic carbocycles. The van der Waals surface area contributed by atoms with Gasteiger partial charge in [0.15, 0.2) is 0 Å². The predicted octanol–water partition coefficient (Wildman–Crippen LogP) is 2.95. The van der Waals surface area contributed by atoms with Gasteiger partial charge < -0.3 is 15.2 Å². The van der Waals surface area contributed by atoms with Crippen molar-refractivity contribution < 1.29 is 9.84 Å². The van der Waals surface area contributed by atoms with Gasteiger partial charge in [-0.25, -0.2) is 0 Å². The number of hydrogen-bond acceptors (Lipinski definition) is 3. The second-order valence-corrected chi connectivity index (χ2v) is 5.47. The Bertz CT molecular complexity index is 379. The lowest BCUT2D eigenvalue weighted by atomic mass is 10.1. The third kappa shape index (κ3) is 5.21. The minimum Gasteiger partial charge on any atom is -0.490 e. The molecule has 2 N–H and O–H groups in total. The third-order valence-corrected chi connectivity index (χ3v) is 3.13. The molecular weight excluding hydrogens is 238 g/mol. The van der Waals surface area contributed by atoms with Crippen LogP contribution in [0.1, 0.15) is 43.9 Å². The Balaban J connectivity index is 2.73. The van der Waals surface area contributed by atoms with Crippen molar-refractivity contribution in [2.75, 3.05) is 6.61 Å². The molecule has 0 saturated carbocycles. The van der Waals surface area contributed by atoms with Gasteiger partial charge in [-0.1, -0.05) is 32.9 Å². The molecule has 1 aromatic carbocycles. The number of ether oxygens (including phenoxy) is 1. The molecule has 0 bridgehead atoms. The van der Waals surface area contributed by atoms with Crippen molar-refractivity contribution >= 4 is 0 Å². The van der Waals surface area contributed by atoms with E-state index in [0.717, 1.165) is 23.4 Å². The molecule has 108 valence electrons. The predicted molar refractivity (Wildman–Crippen MR) is 79.7 cm³/mol. The van der Waals surface area contributed by atoms with E-state index in [2.05, 4.69) is 45.1 Å². The normalized spacial score (nSPS) is 12.8. The first-order valence-electron chi connectivity index (χ1n) is 7.08. The zero-order valence-corrected chi connectivity index (χ0v) is 12.8. The number of aliphatic hydroxyl groups excluding tert-OH is 1. The van der Waals surface area contributed by atoms with Gasteiger partial charge in [0.05, 0.1) is 6.10 Å². The molecular formula is C16H27NO2. The van der Waals surface area contributed by atoms with Gasteiger partial charge in [0, 0.05) is 12.6 Å². The monoisotopic (exact) mass is 265 g/mol. The van der Waals surface area contributed by atoms with Crippen LogP contribution in [0.2, 0.25) is 0 Å². The smallest absolute Gasteiger partial charge is 0.125 e. The average Bonchev–Trinajstić information content (AvgIpc) is 2.34. The quantitative estimate of drug-likeness (QED) is 0.796. The zero-order chi connectivity index (χ0) is 14.4. The Morgan fingerprint density at radius 3 is 2.26 bits per heavy atom. The summed E-state index contributed by atoms with van der Waals surface area (Å²) in [7, 11) is 0. The number of aryl methyl sites for hydroxylation is 2. The molecule has 0 aliphatic rings. The molecule has 3 nitrogen and oxygen atoms in total. The lowest BCUT2D eigenvalue weighted by Crippen LogP contribution is -2.22.